The number of ether oxygens (including phenoxy) is 3. The zero-order chi connectivity index (χ0) is 27.0. The van der Waals surface area contributed by atoms with Crippen LogP contribution in [-0.2, 0) is 41.4 Å². The van der Waals surface area contributed by atoms with Gasteiger partial charge in [-0.3, -0.25) is 18.1 Å². The lowest BCUT2D eigenvalue weighted by atomic mass is 9.93. The van der Waals surface area contributed by atoms with Crippen LogP contribution in [0.1, 0.15) is 0 Å². The molecule has 0 saturated carbocycles. The zero-order valence-corrected chi connectivity index (χ0v) is 21.5. The summed E-state index contributed by atoms with van der Waals surface area (Å²) in [5.41, 5.74) is 0. The second-order valence-electron chi connectivity index (χ2n) is 8.95. The van der Waals surface area contributed by atoms with Crippen LogP contribution in [0.4, 0.5) is 0 Å². The third-order valence-corrected chi connectivity index (χ3v) is 8.21. The van der Waals surface area contributed by atoms with Gasteiger partial charge in [-0.2, -0.15) is 0 Å². The monoisotopic (exact) mass is 562 g/mol. The van der Waals surface area contributed by atoms with Gasteiger partial charge in [0.15, 0.2) is 0 Å². The summed E-state index contributed by atoms with van der Waals surface area (Å²) in [4.78, 5) is 20.2. The van der Waals surface area contributed by atoms with Crippen LogP contribution in [0.3, 0.4) is 0 Å². The molecule has 0 aliphatic carbocycles. The van der Waals surface area contributed by atoms with Gasteiger partial charge in [-0.25, -0.2) is 9.13 Å². The van der Waals surface area contributed by atoms with Crippen molar-refractivity contribution in [1.29, 1.82) is 0 Å². The molecular weight excluding hydrogens is 531 g/mol. The highest BCUT2D eigenvalue weighted by Gasteiger charge is 2.49. The number of hydrogen-bond donors (Lipinski definition) is 7. The molecule has 16 nitrogen and oxygen atoms in total. The second kappa shape index (κ2) is 12.1. The van der Waals surface area contributed by atoms with E-state index < -0.39 is 108 Å². The summed E-state index contributed by atoms with van der Waals surface area (Å²) in [5.74, 6) is 0. The number of aliphatic hydroxyl groups excluding tert-OH is 5. The summed E-state index contributed by atoms with van der Waals surface area (Å²) in [6.07, 6.45) is -11.8. The maximum atomic E-state index is 12.5. The molecule has 36 heavy (non-hydrogen) atoms. The Morgan fingerprint density at radius 1 is 0.639 bits per heavy atom. The van der Waals surface area contributed by atoms with Gasteiger partial charge in [-0.05, 0) is 0 Å². The molecule has 206 valence electrons. The van der Waals surface area contributed by atoms with Gasteiger partial charge in [0.1, 0.15) is 78.5 Å². The van der Waals surface area contributed by atoms with Crippen molar-refractivity contribution in [2.75, 3.05) is 19.8 Å². The van der Waals surface area contributed by atoms with E-state index in [1.165, 1.54) is 23.5 Å². The fourth-order valence-electron chi connectivity index (χ4n) is 4.16. The van der Waals surface area contributed by atoms with Crippen molar-refractivity contribution < 1.29 is 76.8 Å². The first-order chi connectivity index (χ1) is 16.7. The molecule has 3 rings (SSSR count). The number of phosphoric ester groups is 2. The fourth-order valence-corrected chi connectivity index (χ4v) is 6.09. The van der Waals surface area contributed by atoms with E-state index in [0.29, 0.717) is 0 Å². The first-order valence-electron chi connectivity index (χ1n) is 11.3. The van der Waals surface area contributed by atoms with Crippen LogP contribution in [0.25, 0.3) is 0 Å². The van der Waals surface area contributed by atoms with E-state index >= 15 is 0 Å². The average molecular weight is 562 g/mol. The van der Waals surface area contributed by atoms with Gasteiger partial charge < -0.3 is 49.5 Å². The van der Waals surface area contributed by atoms with Gasteiger partial charge in [0.2, 0.25) is 0 Å². The topological polar surface area (TPSA) is 240 Å². The van der Waals surface area contributed by atoms with Gasteiger partial charge >= 0.3 is 15.6 Å². The summed E-state index contributed by atoms with van der Waals surface area (Å²) in [7, 11) is -5.36. The Balaban J connectivity index is 1.57. The number of phosphoric acid groups is 2. The minimum absolute atomic E-state index is 0.593. The first kappa shape index (κ1) is 30.6. The van der Waals surface area contributed by atoms with E-state index in [9.17, 15) is 44.4 Å². The fraction of sp³-hybridized carbons (Fsp3) is 1.00. The molecule has 3 saturated heterocycles. The van der Waals surface area contributed by atoms with Crippen molar-refractivity contribution in [1.82, 2.24) is 0 Å². The van der Waals surface area contributed by atoms with Crippen LogP contribution in [0.2, 0.25) is 0 Å². The Morgan fingerprint density at radius 3 is 1.47 bits per heavy atom. The van der Waals surface area contributed by atoms with Crippen LogP contribution in [0.5, 0.6) is 0 Å². The van der Waals surface area contributed by atoms with Gasteiger partial charge in [-0.1, -0.05) is 0 Å². The lowest BCUT2D eigenvalue weighted by Gasteiger charge is -2.26. The maximum absolute atomic E-state index is 12.5. The highest BCUT2D eigenvalue weighted by atomic mass is 31.2. The quantitative estimate of drug-likeness (QED) is 0.0916. The van der Waals surface area contributed by atoms with Gasteiger partial charge in [-0.15, -0.1) is 0 Å². The molecule has 7 N–H and O–H groups in total. The van der Waals surface area contributed by atoms with Crippen molar-refractivity contribution in [2.24, 2.45) is 0 Å². The van der Waals surface area contributed by atoms with Crippen LogP contribution < -0.4 is 0 Å². The summed E-state index contributed by atoms with van der Waals surface area (Å²) in [6, 6.07) is -2.44. The zero-order valence-electron chi connectivity index (χ0n) is 19.7. The van der Waals surface area contributed by atoms with Crippen LogP contribution in [-0.4, -0.2) is 152 Å². The normalized spacial score (nSPS) is 46.5. The molecule has 0 amide bonds. The lowest BCUT2D eigenvalue weighted by molar-refractivity contribution is -0.0398. The van der Waals surface area contributed by atoms with E-state index in [0.717, 1.165) is 0 Å². The summed E-state index contributed by atoms with van der Waals surface area (Å²) in [6.45, 7) is -1.95. The highest BCUT2D eigenvalue weighted by molar-refractivity contribution is 7.47. The van der Waals surface area contributed by atoms with Crippen molar-refractivity contribution in [3.63, 3.8) is 0 Å². The van der Waals surface area contributed by atoms with E-state index in [2.05, 4.69) is 0 Å². The SMILES string of the molecule is B[C@@H]1O[C@H](COP(=O)(O)O[C@@H]2C(O)[C@H](B)O[C@@H]2COP(=O)(O)O[C@@H]2C(O)[C@H](B)O[C@@H]2CO)[C@H](O)C1O. The number of aliphatic hydroxyl groups is 5. The first-order valence-corrected chi connectivity index (χ1v) is 14.3. The molecular formula is C15H31B3O16P2. The third kappa shape index (κ3) is 7.18. The summed E-state index contributed by atoms with van der Waals surface area (Å²) >= 11 is 0. The smallest absolute Gasteiger partial charge is 0.394 e. The third-order valence-electron chi connectivity index (χ3n) is 6.24. The Kier molecular flexibility index (Phi) is 10.3. The molecule has 3 aliphatic rings. The van der Waals surface area contributed by atoms with E-state index in [-0.39, 0.29) is 0 Å². The standard InChI is InChI=1S/C15H31B3O16P2/c16-13-8(21)7(20)5(31-13)2-28-35(24,25)34-12-6(32-15(18)10(12)23)3-29-36(26,27)33-11-4(1-19)30-14(17)9(11)22/h4-15,19-23H,1-3,16-18H2,(H,24,25)(H,26,27)/t4-,5-,6-,7+,8?,9?,10?,11+,12+,13-,14-,15-/m1/s1. The molecule has 0 aromatic rings. The Labute approximate surface area is 209 Å². The molecule has 0 radical (unpaired) electrons. The van der Waals surface area contributed by atoms with Crippen LogP contribution in [0, 0.1) is 0 Å². The van der Waals surface area contributed by atoms with Gasteiger partial charge in [0, 0.05) is 0 Å². The molecule has 0 aromatic carbocycles. The van der Waals surface area contributed by atoms with Crippen molar-refractivity contribution in [3.8, 4) is 0 Å². The maximum Gasteiger partial charge on any atom is 0.472 e. The van der Waals surface area contributed by atoms with Gasteiger partial charge in [0.05, 0.1) is 37.8 Å². The average Bonchev–Trinajstić information content (AvgIpc) is 3.33. The van der Waals surface area contributed by atoms with Crippen molar-refractivity contribution >= 4 is 39.2 Å². The van der Waals surface area contributed by atoms with Crippen molar-refractivity contribution in [2.45, 2.75) is 72.9 Å². The molecule has 21 heteroatoms. The summed E-state index contributed by atoms with van der Waals surface area (Å²) < 4.78 is 60.6. The lowest BCUT2D eigenvalue weighted by Crippen LogP contribution is -2.38. The van der Waals surface area contributed by atoms with E-state index in [4.69, 9.17) is 32.3 Å². The highest BCUT2D eigenvalue weighted by Crippen LogP contribution is 2.50. The van der Waals surface area contributed by atoms with E-state index in [1.54, 1.807) is 0 Å². The molecule has 0 spiro atoms. The molecule has 0 aromatic heterocycles. The molecule has 5 unspecified atom stereocenters. The Hall–Kier alpha value is 0.0948. The minimum atomic E-state index is -4.89. The van der Waals surface area contributed by atoms with Crippen molar-refractivity contribution in [3.05, 3.63) is 0 Å². The summed E-state index contributed by atoms with van der Waals surface area (Å²) in [5, 5.41) is 49.4. The molecule has 0 bridgehead atoms. The largest absolute Gasteiger partial charge is 0.472 e. The van der Waals surface area contributed by atoms with E-state index in [1.807, 2.05) is 0 Å². The minimum Gasteiger partial charge on any atom is -0.394 e. The number of hydrogen-bond acceptors (Lipinski definition) is 14. The second-order valence-corrected chi connectivity index (χ2v) is 11.8. The predicted molar refractivity (Wildman–Crippen MR) is 124 cm³/mol. The van der Waals surface area contributed by atoms with Gasteiger partial charge in [0.25, 0.3) is 0 Å². The predicted octanol–water partition coefficient (Wildman–Crippen LogP) is -6.50. The van der Waals surface area contributed by atoms with Crippen LogP contribution >= 0.6 is 15.6 Å². The molecule has 3 aliphatic heterocycles. The van der Waals surface area contributed by atoms with Crippen LogP contribution in [0.15, 0.2) is 0 Å². The Morgan fingerprint density at radius 2 is 1.03 bits per heavy atom. The Bertz CT molecular complexity index is 843. The molecule has 3 heterocycles. The number of rotatable bonds is 11. The molecule has 3 fully saturated rings. The molecule has 14 atom stereocenters.